The van der Waals surface area contributed by atoms with Gasteiger partial charge in [-0.15, -0.1) is 0 Å². The molecule has 0 aliphatic carbocycles. The molecule has 31 heavy (non-hydrogen) atoms. The van der Waals surface area contributed by atoms with Crippen LogP contribution in [0.5, 0.6) is 0 Å². The third kappa shape index (κ3) is 4.97. The number of nitrogens with zero attached hydrogens (tertiary/aromatic N) is 2. The van der Waals surface area contributed by atoms with Crippen LogP contribution in [0, 0.1) is 5.92 Å². The molecule has 0 radical (unpaired) electrons. The van der Waals surface area contributed by atoms with E-state index >= 15 is 0 Å². The fraction of sp³-hybridized carbons (Fsp3) is 0.391. The van der Waals surface area contributed by atoms with Gasteiger partial charge in [0.1, 0.15) is 0 Å². The Balaban J connectivity index is 1.32. The van der Waals surface area contributed by atoms with Crippen LogP contribution < -0.4 is 5.32 Å². The Hall–Kier alpha value is -2.71. The Kier molecular flexibility index (Phi) is 6.38. The van der Waals surface area contributed by atoms with Crippen LogP contribution in [0.15, 0.2) is 59.5 Å². The third-order valence-electron chi connectivity index (χ3n) is 5.92. The lowest BCUT2D eigenvalue weighted by molar-refractivity contribution is -0.128. The predicted octanol–water partition coefficient (Wildman–Crippen LogP) is 2.50. The molecule has 164 valence electrons. The van der Waals surface area contributed by atoms with Crippen molar-refractivity contribution in [3.63, 3.8) is 0 Å². The van der Waals surface area contributed by atoms with E-state index in [1.54, 1.807) is 17.0 Å². The zero-order valence-corrected chi connectivity index (χ0v) is 18.2. The maximum absolute atomic E-state index is 12.7. The van der Waals surface area contributed by atoms with Crippen LogP contribution in [0.1, 0.15) is 24.8 Å². The molecular weight excluding hydrogens is 414 g/mol. The lowest BCUT2D eigenvalue weighted by Gasteiger charge is -2.17. The van der Waals surface area contributed by atoms with Crippen molar-refractivity contribution in [1.82, 2.24) is 9.21 Å². The molecule has 7 nitrogen and oxygen atoms in total. The highest BCUT2D eigenvalue weighted by Gasteiger charge is 2.34. The molecule has 2 aromatic rings. The Labute approximate surface area is 183 Å². The number of rotatable bonds is 7. The fourth-order valence-corrected chi connectivity index (χ4v) is 5.62. The van der Waals surface area contributed by atoms with Gasteiger partial charge in [-0.2, -0.15) is 4.31 Å². The number of sulfonamides is 1. The summed E-state index contributed by atoms with van der Waals surface area (Å²) in [5.41, 5.74) is 1.69. The molecule has 8 heteroatoms. The molecule has 2 saturated heterocycles. The van der Waals surface area contributed by atoms with Gasteiger partial charge in [0, 0.05) is 38.3 Å². The number of benzene rings is 2. The average Bonchev–Trinajstić information content (AvgIpc) is 3.44. The van der Waals surface area contributed by atoms with Gasteiger partial charge in [0.05, 0.1) is 10.8 Å². The van der Waals surface area contributed by atoms with E-state index in [2.05, 4.69) is 5.32 Å². The first-order chi connectivity index (χ1) is 14.9. The van der Waals surface area contributed by atoms with E-state index in [1.807, 2.05) is 30.3 Å². The Morgan fingerprint density at radius 3 is 2.35 bits per heavy atom. The van der Waals surface area contributed by atoms with Crippen molar-refractivity contribution in [3.05, 3.63) is 60.2 Å². The summed E-state index contributed by atoms with van der Waals surface area (Å²) in [6.45, 7) is 2.10. The van der Waals surface area contributed by atoms with E-state index < -0.39 is 15.9 Å². The lowest BCUT2D eigenvalue weighted by Crippen LogP contribution is -2.30. The number of anilines is 1. The summed E-state index contributed by atoms with van der Waals surface area (Å²) < 4.78 is 26.7. The predicted molar refractivity (Wildman–Crippen MR) is 118 cm³/mol. The molecule has 0 saturated carbocycles. The number of nitrogens with one attached hydrogen (secondary N) is 1. The van der Waals surface area contributed by atoms with Crippen molar-refractivity contribution in [1.29, 1.82) is 0 Å². The van der Waals surface area contributed by atoms with Gasteiger partial charge in [-0.3, -0.25) is 9.59 Å². The first-order valence-corrected chi connectivity index (χ1v) is 12.1. The summed E-state index contributed by atoms with van der Waals surface area (Å²) >= 11 is 0. The van der Waals surface area contributed by atoms with Crippen molar-refractivity contribution in [2.75, 3.05) is 31.5 Å². The van der Waals surface area contributed by atoms with Gasteiger partial charge < -0.3 is 10.2 Å². The molecule has 4 rings (SSSR count). The molecule has 2 aliphatic rings. The van der Waals surface area contributed by atoms with E-state index in [9.17, 15) is 18.0 Å². The number of hydrogen-bond acceptors (Lipinski definition) is 4. The highest BCUT2D eigenvalue weighted by atomic mass is 32.2. The van der Waals surface area contributed by atoms with E-state index in [0.717, 1.165) is 24.8 Å². The highest BCUT2D eigenvalue weighted by Crippen LogP contribution is 2.24. The second-order valence-electron chi connectivity index (χ2n) is 8.10. The molecule has 2 amide bonds. The van der Waals surface area contributed by atoms with Crippen molar-refractivity contribution < 1.29 is 18.0 Å². The molecule has 1 N–H and O–H groups in total. The van der Waals surface area contributed by atoms with Crippen molar-refractivity contribution in [2.45, 2.75) is 30.6 Å². The van der Waals surface area contributed by atoms with E-state index in [-0.39, 0.29) is 23.1 Å². The van der Waals surface area contributed by atoms with Crippen LogP contribution in [0.2, 0.25) is 0 Å². The first-order valence-electron chi connectivity index (χ1n) is 10.7. The maximum Gasteiger partial charge on any atom is 0.243 e. The van der Waals surface area contributed by atoms with Gasteiger partial charge in [0.2, 0.25) is 21.8 Å². The number of hydrogen-bond donors (Lipinski definition) is 1. The number of likely N-dealkylation sites (tertiary alicyclic amines) is 1. The normalized spacial score (nSPS) is 19.7. The zero-order valence-electron chi connectivity index (χ0n) is 17.4. The molecule has 0 aromatic heterocycles. The van der Waals surface area contributed by atoms with Gasteiger partial charge in [-0.1, -0.05) is 30.3 Å². The van der Waals surface area contributed by atoms with Crippen LogP contribution in [0.25, 0.3) is 0 Å². The maximum atomic E-state index is 12.7. The molecule has 1 atom stereocenters. The minimum Gasteiger partial charge on any atom is -0.342 e. The lowest BCUT2D eigenvalue weighted by atomic mass is 10.1. The monoisotopic (exact) mass is 441 g/mol. The third-order valence-corrected chi connectivity index (χ3v) is 7.84. The SMILES string of the molecule is O=C(Nc1ccc(S(=O)(=O)N2CCCC2)cc1)C1CC(=O)N(CCc2ccccc2)C1. The molecule has 2 fully saturated rings. The Morgan fingerprint density at radius 2 is 1.68 bits per heavy atom. The number of amides is 2. The summed E-state index contributed by atoms with van der Waals surface area (Å²) in [5, 5.41) is 2.82. The van der Waals surface area contributed by atoms with Crippen LogP contribution in [-0.4, -0.2) is 55.6 Å². The second-order valence-corrected chi connectivity index (χ2v) is 10.0. The van der Waals surface area contributed by atoms with Crippen molar-refractivity contribution in [3.8, 4) is 0 Å². The summed E-state index contributed by atoms with van der Waals surface area (Å²) in [5.74, 6) is -0.634. The first kappa shape index (κ1) is 21.5. The Bertz CT molecular complexity index is 1030. The van der Waals surface area contributed by atoms with Crippen LogP contribution in [0.4, 0.5) is 5.69 Å². The molecule has 0 bridgehead atoms. The molecule has 1 unspecified atom stereocenters. The quantitative estimate of drug-likeness (QED) is 0.715. The summed E-state index contributed by atoms with van der Waals surface area (Å²) in [7, 11) is -3.47. The molecule has 2 aliphatic heterocycles. The number of carbonyl (C=O) groups excluding carboxylic acids is 2. The van der Waals surface area contributed by atoms with Gasteiger partial charge in [-0.05, 0) is 49.1 Å². The summed E-state index contributed by atoms with van der Waals surface area (Å²) in [4.78, 5) is 26.9. The van der Waals surface area contributed by atoms with Gasteiger partial charge in [0.25, 0.3) is 0 Å². The van der Waals surface area contributed by atoms with Gasteiger partial charge in [0.15, 0.2) is 0 Å². The molecule has 0 spiro atoms. The minimum absolute atomic E-state index is 0.0110. The zero-order chi connectivity index (χ0) is 21.8. The van der Waals surface area contributed by atoms with E-state index in [4.69, 9.17) is 0 Å². The van der Waals surface area contributed by atoms with Crippen LogP contribution >= 0.6 is 0 Å². The average molecular weight is 442 g/mol. The van der Waals surface area contributed by atoms with Gasteiger partial charge >= 0.3 is 0 Å². The Morgan fingerprint density at radius 1 is 1.00 bits per heavy atom. The van der Waals surface area contributed by atoms with Crippen molar-refractivity contribution in [2.24, 2.45) is 5.92 Å². The van der Waals surface area contributed by atoms with Crippen LogP contribution in [-0.2, 0) is 26.0 Å². The smallest absolute Gasteiger partial charge is 0.243 e. The van der Waals surface area contributed by atoms with Crippen molar-refractivity contribution >= 4 is 27.5 Å². The van der Waals surface area contributed by atoms with E-state index in [0.29, 0.717) is 31.9 Å². The summed E-state index contributed by atoms with van der Waals surface area (Å²) in [6.07, 6.45) is 2.72. The largest absolute Gasteiger partial charge is 0.342 e. The van der Waals surface area contributed by atoms with E-state index in [1.165, 1.54) is 16.4 Å². The summed E-state index contributed by atoms with van der Waals surface area (Å²) in [6, 6.07) is 16.2. The molecular formula is C23H27N3O4S. The number of carbonyl (C=O) groups is 2. The standard InChI is InChI=1S/C23H27N3O4S/c27-22-16-19(17-25(22)15-12-18-6-2-1-3-7-18)23(28)24-20-8-10-21(11-9-20)31(29,30)26-13-4-5-14-26/h1-3,6-11,19H,4-5,12-17H2,(H,24,28). The molecule has 2 aromatic carbocycles. The minimum atomic E-state index is -3.47. The topological polar surface area (TPSA) is 86.8 Å². The highest BCUT2D eigenvalue weighted by molar-refractivity contribution is 7.89. The second kappa shape index (κ2) is 9.20. The fourth-order valence-electron chi connectivity index (χ4n) is 4.10. The van der Waals surface area contributed by atoms with Gasteiger partial charge in [-0.25, -0.2) is 8.42 Å². The molecule has 2 heterocycles. The van der Waals surface area contributed by atoms with Crippen LogP contribution in [0.3, 0.4) is 0 Å².